The van der Waals surface area contributed by atoms with Gasteiger partial charge < -0.3 is 0 Å². The van der Waals surface area contributed by atoms with Gasteiger partial charge in [0, 0.05) is 0 Å². The van der Waals surface area contributed by atoms with Gasteiger partial charge in [-0.05, 0) is 209 Å². The molecule has 0 aliphatic heterocycles. The van der Waals surface area contributed by atoms with Crippen molar-refractivity contribution in [2.24, 2.45) is 40.4 Å². The Labute approximate surface area is 341 Å². The van der Waals surface area contributed by atoms with E-state index < -0.39 is 0 Å². The molecule has 57 heavy (non-hydrogen) atoms. The van der Waals surface area contributed by atoms with E-state index in [1.54, 1.807) is 32.8 Å². The molecule has 7 aromatic rings. The Bertz CT molecular complexity index is 2810. The van der Waals surface area contributed by atoms with Gasteiger partial charge in [0.25, 0.3) is 0 Å². The van der Waals surface area contributed by atoms with Crippen molar-refractivity contribution in [2.45, 2.75) is 131 Å². The fourth-order valence-corrected chi connectivity index (χ4v) is 14.1. The van der Waals surface area contributed by atoms with Crippen LogP contribution in [-0.4, -0.2) is 0 Å². The quantitative estimate of drug-likeness (QED) is 0.154. The van der Waals surface area contributed by atoms with Crippen molar-refractivity contribution in [3.8, 4) is 0 Å². The van der Waals surface area contributed by atoms with Gasteiger partial charge in [-0.25, -0.2) is 0 Å². The van der Waals surface area contributed by atoms with Crippen molar-refractivity contribution in [2.75, 3.05) is 0 Å². The molecule has 0 saturated heterocycles. The monoisotopic (exact) mass is 749 g/mol. The van der Waals surface area contributed by atoms with Crippen molar-refractivity contribution in [3.05, 3.63) is 111 Å². The Morgan fingerprint density at radius 3 is 1.60 bits per heavy atom. The van der Waals surface area contributed by atoms with Crippen LogP contribution in [0.3, 0.4) is 0 Å². The molecule has 11 rings (SSSR count). The molecule has 3 fully saturated rings. The van der Waals surface area contributed by atoms with Gasteiger partial charge in [0.1, 0.15) is 0 Å². The van der Waals surface area contributed by atoms with Crippen molar-refractivity contribution in [1.29, 1.82) is 0 Å². The summed E-state index contributed by atoms with van der Waals surface area (Å²) in [7, 11) is 0. The highest BCUT2D eigenvalue weighted by Gasteiger charge is 2.57. The Balaban J connectivity index is 0.936. The zero-order valence-corrected chi connectivity index (χ0v) is 36.5. The summed E-state index contributed by atoms with van der Waals surface area (Å²) >= 11 is 0. The topological polar surface area (TPSA) is 0 Å². The van der Waals surface area contributed by atoms with E-state index in [2.05, 4.69) is 148 Å². The van der Waals surface area contributed by atoms with Gasteiger partial charge in [0.2, 0.25) is 0 Å². The number of fused-ring (bicyclic) bond motifs is 3. The Hall–Kier alpha value is -3.90. The first-order valence-corrected chi connectivity index (χ1v) is 22.8. The molecule has 0 radical (unpaired) electrons. The molecule has 0 amide bonds. The van der Waals surface area contributed by atoms with Crippen LogP contribution in [0.15, 0.2) is 72.8 Å². The molecule has 0 spiro atoms. The van der Waals surface area contributed by atoms with E-state index in [0.29, 0.717) is 23.2 Å². The second kappa shape index (κ2) is 12.1. The second-order valence-corrected chi connectivity index (χ2v) is 22.7. The smallest absolute Gasteiger partial charge is 0.00213 e. The molecule has 7 aromatic carbocycles. The zero-order valence-electron chi connectivity index (χ0n) is 36.5. The summed E-state index contributed by atoms with van der Waals surface area (Å²) < 4.78 is 0. The maximum Gasteiger partial charge on any atom is -0.00213 e. The van der Waals surface area contributed by atoms with Crippen molar-refractivity contribution < 1.29 is 0 Å². The standard InChI is InChI=1S/C57H64/c1-31-23-47(45-21-15-37-27-39(55(3,4)5)25-35-13-17-41(31)53(45)51(35)37)33-11-19-43-44-20-12-34(30-50(44)57(9,10)49(43)29-33)48-24-32(2)42-18-14-36-26-40(56(6,7)8)28-38-16-22-46(48)54(42)52(36)38/h13-18,21-25,27-28,33-34,40,43-44,49-50H,11-12,19-20,26,29-30H2,1-10H3/t33-,34?,40?,43-,44+,49-,50+/m0/s1. The average molecular weight is 749 g/mol. The van der Waals surface area contributed by atoms with Gasteiger partial charge in [-0.2, -0.15) is 0 Å². The highest BCUT2D eigenvalue weighted by molar-refractivity contribution is 6.24. The fraction of sp³-hybridized carbons (Fsp3) is 0.474. The van der Waals surface area contributed by atoms with E-state index in [1.165, 1.54) is 98.1 Å². The minimum atomic E-state index is 0.134. The lowest BCUT2D eigenvalue weighted by Crippen LogP contribution is -2.32. The lowest BCUT2D eigenvalue weighted by atomic mass is 9.63. The average Bonchev–Trinajstić information content (AvgIpc) is 3.40. The summed E-state index contributed by atoms with van der Waals surface area (Å²) in [5, 5.41) is 16.4. The molecule has 7 atom stereocenters. The predicted molar refractivity (Wildman–Crippen MR) is 247 cm³/mol. The van der Waals surface area contributed by atoms with Gasteiger partial charge >= 0.3 is 0 Å². The molecule has 0 N–H and O–H groups in total. The third-order valence-corrected chi connectivity index (χ3v) is 17.3. The van der Waals surface area contributed by atoms with Crippen molar-refractivity contribution >= 4 is 59.9 Å². The summed E-state index contributed by atoms with van der Waals surface area (Å²) in [5.41, 5.74) is 9.98. The van der Waals surface area contributed by atoms with Crippen LogP contribution in [0.1, 0.15) is 139 Å². The molecule has 2 unspecified atom stereocenters. The van der Waals surface area contributed by atoms with Crippen LogP contribution < -0.4 is 5.22 Å². The first-order valence-electron chi connectivity index (χ1n) is 22.8. The highest BCUT2D eigenvalue weighted by atomic mass is 14.6. The molecule has 0 nitrogen and oxygen atoms in total. The molecule has 292 valence electrons. The second-order valence-electron chi connectivity index (χ2n) is 22.7. The van der Waals surface area contributed by atoms with Crippen LogP contribution in [0.5, 0.6) is 0 Å². The minimum Gasteiger partial charge on any atom is -0.0727 e. The third kappa shape index (κ3) is 5.23. The Kier molecular flexibility index (Phi) is 7.68. The number of benzene rings is 7. The van der Waals surface area contributed by atoms with E-state index >= 15 is 0 Å². The van der Waals surface area contributed by atoms with E-state index in [9.17, 15) is 0 Å². The van der Waals surface area contributed by atoms with Crippen LogP contribution in [0.2, 0.25) is 0 Å². The number of rotatable bonds is 2. The minimum absolute atomic E-state index is 0.134. The molecular formula is C57H64. The lowest BCUT2D eigenvalue weighted by molar-refractivity contribution is 0.112. The first-order chi connectivity index (χ1) is 27.1. The van der Waals surface area contributed by atoms with Gasteiger partial charge in [0.15, 0.2) is 0 Å². The van der Waals surface area contributed by atoms with Crippen LogP contribution in [-0.2, 0) is 11.8 Å². The molecule has 0 heteroatoms. The number of aryl methyl sites for hydroxylation is 2. The predicted octanol–water partition coefficient (Wildman–Crippen LogP) is 15.3. The zero-order chi connectivity index (χ0) is 39.5. The molecule has 3 saturated carbocycles. The largest absolute Gasteiger partial charge is 0.0727 e. The van der Waals surface area contributed by atoms with E-state index in [4.69, 9.17) is 0 Å². The molecule has 0 aromatic heterocycles. The third-order valence-electron chi connectivity index (χ3n) is 17.3. The molecule has 0 heterocycles. The van der Waals surface area contributed by atoms with Gasteiger partial charge in [-0.15, -0.1) is 0 Å². The van der Waals surface area contributed by atoms with Crippen molar-refractivity contribution in [3.63, 3.8) is 0 Å². The maximum absolute atomic E-state index is 2.71. The van der Waals surface area contributed by atoms with E-state index in [1.807, 2.05) is 0 Å². The summed E-state index contributed by atoms with van der Waals surface area (Å²) in [6.45, 7) is 24.4. The number of hydrogen-bond acceptors (Lipinski definition) is 0. The van der Waals surface area contributed by atoms with E-state index in [0.717, 1.165) is 30.1 Å². The highest BCUT2D eigenvalue weighted by Crippen LogP contribution is 2.66. The van der Waals surface area contributed by atoms with Crippen LogP contribution in [0, 0.1) is 54.3 Å². The van der Waals surface area contributed by atoms with Crippen LogP contribution in [0.4, 0.5) is 0 Å². The summed E-state index contributed by atoms with van der Waals surface area (Å²) in [5.74, 6) is 5.22. The van der Waals surface area contributed by atoms with Gasteiger partial charge in [-0.3, -0.25) is 0 Å². The maximum atomic E-state index is 2.71. The SMILES string of the molecule is Cc1cc(C2CC[C@@H]3[C@@H]4CC[C@H](c5cc(C)c6ccc7cc(C(C)(C)C)cc8ccc5c6c78)C[C@@H]4C(C)(C)[C@@H]3C2)c2ccc3c4c(ccc1c24)CC(C(C)(C)C)C=3. The van der Waals surface area contributed by atoms with Gasteiger partial charge in [0.05, 0.1) is 0 Å². The molecule has 4 aliphatic rings. The molecular weight excluding hydrogens is 685 g/mol. The first kappa shape index (κ1) is 36.2. The summed E-state index contributed by atoms with van der Waals surface area (Å²) in [4.78, 5) is 0. The Morgan fingerprint density at radius 1 is 0.544 bits per heavy atom. The fourth-order valence-electron chi connectivity index (χ4n) is 14.1. The van der Waals surface area contributed by atoms with Crippen molar-refractivity contribution in [1.82, 2.24) is 0 Å². The van der Waals surface area contributed by atoms with E-state index in [-0.39, 0.29) is 10.8 Å². The molecule has 0 bridgehead atoms. The lowest BCUT2D eigenvalue weighted by Gasteiger charge is -2.41. The van der Waals surface area contributed by atoms with Gasteiger partial charge in [-0.1, -0.05) is 134 Å². The van der Waals surface area contributed by atoms with Crippen LogP contribution >= 0.6 is 0 Å². The van der Waals surface area contributed by atoms with Crippen LogP contribution in [0.25, 0.3) is 59.9 Å². The summed E-state index contributed by atoms with van der Waals surface area (Å²) in [6.07, 6.45) is 12.0. The number of hydrogen-bond donors (Lipinski definition) is 0. The Morgan fingerprint density at radius 2 is 1.05 bits per heavy atom. The molecule has 4 aliphatic carbocycles. The summed E-state index contributed by atoms with van der Waals surface area (Å²) in [6, 6.07) is 29.9. The normalized spacial score (nSPS) is 27.4.